The molecule has 1 aliphatic rings. The minimum atomic E-state index is -1.44. The van der Waals surface area contributed by atoms with E-state index in [1.807, 2.05) is 48.5 Å². The predicted molar refractivity (Wildman–Crippen MR) is 108 cm³/mol. The Balaban J connectivity index is 1.70. The number of nitrogens with one attached hydrogen (secondary N) is 1. The highest BCUT2D eigenvalue weighted by Gasteiger charge is 2.38. The Kier molecular flexibility index (Phi) is 6.20. The highest BCUT2D eigenvalue weighted by molar-refractivity contribution is 5.85. The summed E-state index contributed by atoms with van der Waals surface area (Å²) in [4.78, 5) is 28.2. The van der Waals surface area contributed by atoms with Gasteiger partial charge >= 0.3 is 12.1 Å². The summed E-state index contributed by atoms with van der Waals surface area (Å²) in [7, 11) is 0. The molecule has 0 saturated heterocycles. The lowest BCUT2D eigenvalue weighted by Gasteiger charge is -2.26. The molecular formula is C23H23NO5. The van der Waals surface area contributed by atoms with E-state index in [1.165, 1.54) is 6.92 Å². The van der Waals surface area contributed by atoms with Crippen molar-refractivity contribution >= 4 is 12.1 Å². The second-order valence-electron chi connectivity index (χ2n) is 7.22. The monoisotopic (exact) mass is 393 g/mol. The molecular weight excluding hydrogens is 370 g/mol. The molecule has 3 rings (SSSR count). The summed E-state index contributed by atoms with van der Waals surface area (Å²) in [6.07, 6.45) is 5.59. The Morgan fingerprint density at radius 3 is 2.28 bits per heavy atom. The first-order valence-corrected chi connectivity index (χ1v) is 9.42. The lowest BCUT2D eigenvalue weighted by atomic mass is 9.95. The van der Waals surface area contributed by atoms with Crippen LogP contribution in [0, 0.1) is 12.3 Å². The topological polar surface area (TPSA) is 84.9 Å². The summed E-state index contributed by atoms with van der Waals surface area (Å²) in [6.45, 7) is 1.58. The lowest BCUT2D eigenvalue weighted by Crippen LogP contribution is -2.53. The fourth-order valence-corrected chi connectivity index (χ4v) is 3.72. The van der Waals surface area contributed by atoms with E-state index in [-0.39, 0.29) is 18.9 Å². The summed E-state index contributed by atoms with van der Waals surface area (Å²) >= 11 is 0. The number of amides is 1. The molecule has 0 saturated carbocycles. The average Bonchev–Trinajstić information content (AvgIpc) is 3.05. The number of benzene rings is 2. The third-order valence-electron chi connectivity index (χ3n) is 5.25. The fraction of sp³-hybridized carbons (Fsp3) is 0.304. The SMILES string of the molecule is C#CCCC[C@](C)(NC(=O)OCC1c2ccccc2-c2ccccc21)C(=O)OO. The molecule has 0 unspecified atom stereocenters. The van der Waals surface area contributed by atoms with Gasteiger partial charge in [0.1, 0.15) is 12.1 Å². The van der Waals surface area contributed by atoms with Crippen LogP contribution in [0.2, 0.25) is 0 Å². The van der Waals surface area contributed by atoms with Gasteiger partial charge < -0.3 is 10.1 Å². The van der Waals surface area contributed by atoms with E-state index in [0.29, 0.717) is 12.8 Å². The Bertz CT molecular complexity index is 903. The molecule has 150 valence electrons. The van der Waals surface area contributed by atoms with Gasteiger partial charge in [0.25, 0.3) is 0 Å². The number of rotatable bonds is 7. The summed E-state index contributed by atoms with van der Waals surface area (Å²) in [6, 6.07) is 16.0. The van der Waals surface area contributed by atoms with Gasteiger partial charge in [0.05, 0.1) is 0 Å². The van der Waals surface area contributed by atoms with Crippen LogP contribution < -0.4 is 5.32 Å². The summed E-state index contributed by atoms with van der Waals surface area (Å²) < 4.78 is 5.46. The van der Waals surface area contributed by atoms with Crippen molar-refractivity contribution in [2.75, 3.05) is 6.61 Å². The van der Waals surface area contributed by atoms with Crippen molar-refractivity contribution < 1.29 is 24.5 Å². The van der Waals surface area contributed by atoms with E-state index in [9.17, 15) is 9.59 Å². The average molecular weight is 393 g/mol. The summed E-state index contributed by atoms with van der Waals surface area (Å²) in [5.74, 6) is 1.41. The third-order valence-corrected chi connectivity index (χ3v) is 5.25. The van der Waals surface area contributed by atoms with Gasteiger partial charge in [0, 0.05) is 12.3 Å². The van der Waals surface area contributed by atoms with E-state index in [2.05, 4.69) is 16.1 Å². The lowest BCUT2D eigenvalue weighted by molar-refractivity contribution is -0.241. The molecule has 1 aliphatic carbocycles. The minimum Gasteiger partial charge on any atom is -0.449 e. The Labute approximate surface area is 169 Å². The quantitative estimate of drug-likeness (QED) is 0.320. The molecule has 2 N–H and O–H groups in total. The van der Waals surface area contributed by atoms with Crippen LogP contribution in [0.15, 0.2) is 48.5 Å². The van der Waals surface area contributed by atoms with E-state index < -0.39 is 17.6 Å². The highest BCUT2D eigenvalue weighted by Crippen LogP contribution is 2.44. The van der Waals surface area contributed by atoms with E-state index in [1.54, 1.807) is 0 Å². The van der Waals surface area contributed by atoms with Crippen LogP contribution in [-0.4, -0.2) is 29.5 Å². The van der Waals surface area contributed by atoms with Crippen LogP contribution in [0.5, 0.6) is 0 Å². The molecule has 0 radical (unpaired) electrons. The summed E-state index contributed by atoms with van der Waals surface area (Å²) in [5.41, 5.74) is 3.00. The van der Waals surface area contributed by atoms with Gasteiger partial charge in [0.15, 0.2) is 0 Å². The molecule has 0 aromatic heterocycles. The number of hydrogen-bond donors (Lipinski definition) is 2. The zero-order valence-corrected chi connectivity index (χ0v) is 16.2. The van der Waals surface area contributed by atoms with E-state index >= 15 is 0 Å². The standard InChI is InChI=1S/C23H23NO5/c1-3-4-9-14-23(2,21(25)29-27)24-22(26)28-15-20-18-12-7-5-10-16(18)17-11-6-8-13-19(17)20/h1,5-8,10-13,20,27H,4,9,14-15H2,2H3,(H,24,26)/t23-/m0/s1. The maximum atomic E-state index is 12.4. The Morgan fingerprint density at radius 2 is 1.72 bits per heavy atom. The molecule has 0 bridgehead atoms. The van der Waals surface area contributed by atoms with Crippen molar-refractivity contribution in [2.24, 2.45) is 0 Å². The highest BCUT2D eigenvalue weighted by atomic mass is 17.1. The number of alkyl carbamates (subject to hydrolysis) is 1. The number of carbonyl (C=O) groups excluding carboxylic acids is 2. The molecule has 1 atom stereocenters. The van der Waals surface area contributed by atoms with Crippen molar-refractivity contribution in [3.63, 3.8) is 0 Å². The molecule has 0 heterocycles. The first-order valence-electron chi connectivity index (χ1n) is 9.42. The van der Waals surface area contributed by atoms with Gasteiger partial charge in [-0.15, -0.1) is 12.3 Å². The van der Waals surface area contributed by atoms with Crippen LogP contribution in [-0.2, 0) is 14.4 Å². The first-order chi connectivity index (χ1) is 14.0. The van der Waals surface area contributed by atoms with Gasteiger partial charge in [-0.2, -0.15) is 5.26 Å². The number of hydrogen-bond acceptors (Lipinski definition) is 5. The van der Waals surface area contributed by atoms with Gasteiger partial charge in [-0.3, -0.25) is 4.89 Å². The summed E-state index contributed by atoms with van der Waals surface area (Å²) in [5, 5.41) is 11.3. The largest absolute Gasteiger partial charge is 0.449 e. The molecule has 0 aliphatic heterocycles. The molecule has 0 spiro atoms. The second kappa shape index (κ2) is 8.80. The van der Waals surface area contributed by atoms with E-state index in [4.69, 9.17) is 16.4 Å². The fourth-order valence-electron chi connectivity index (χ4n) is 3.72. The zero-order chi connectivity index (χ0) is 20.9. The maximum absolute atomic E-state index is 12.4. The number of fused-ring (bicyclic) bond motifs is 3. The van der Waals surface area contributed by atoms with Gasteiger partial charge in [-0.25, -0.2) is 9.59 Å². The minimum absolute atomic E-state index is 0.0920. The normalized spacial score (nSPS) is 14.1. The predicted octanol–water partition coefficient (Wildman–Crippen LogP) is 4.10. The molecule has 6 heteroatoms. The Hall–Kier alpha value is -3.30. The van der Waals surface area contributed by atoms with Crippen molar-refractivity contribution in [1.29, 1.82) is 0 Å². The maximum Gasteiger partial charge on any atom is 0.408 e. The molecule has 29 heavy (non-hydrogen) atoms. The van der Waals surface area contributed by atoms with Crippen LogP contribution in [0.4, 0.5) is 4.79 Å². The van der Waals surface area contributed by atoms with Crippen molar-refractivity contribution in [3.8, 4) is 23.5 Å². The molecule has 6 nitrogen and oxygen atoms in total. The van der Waals surface area contributed by atoms with Crippen LogP contribution >= 0.6 is 0 Å². The number of carbonyl (C=O) groups is 2. The van der Waals surface area contributed by atoms with E-state index in [0.717, 1.165) is 22.3 Å². The molecule has 2 aromatic carbocycles. The second-order valence-corrected chi connectivity index (χ2v) is 7.22. The smallest absolute Gasteiger partial charge is 0.408 e. The van der Waals surface area contributed by atoms with Crippen LogP contribution in [0.3, 0.4) is 0 Å². The third kappa shape index (κ3) is 4.25. The zero-order valence-electron chi connectivity index (χ0n) is 16.2. The first kappa shape index (κ1) is 20.4. The molecule has 1 amide bonds. The molecule has 2 aromatic rings. The van der Waals surface area contributed by atoms with Crippen molar-refractivity contribution in [1.82, 2.24) is 5.32 Å². The van der Waals surface area contributed by atoms with Gasteiger partial charge in [-0.1, -0.05) is 48.5 Å². The van der Waals surface area contributed by atoms with Gasteiger partial charge in [0.2, 0.25) is 0 Å². The number of ether oxygens (including phenoxy) is 1. The Morgan fingerprint density at radius 1 is 1.14 bits per heavy atom. The van der Waals surface area contributed by atoms with Crippen LogP contribution in [0.1, 0.15) is 43.2 Å². The van der Waals surface area contributed by atoms with Gasteiger partial charge in [-0.05, 0) is 42.0 Å². The number of unbranched alkanes of at least 4 members (excludes halogenated alkanes) is 1. The van der Waals surface area contributed by atoms with Crippen LogP contribution in [0.25, 0.3) is 11.1 Å². The number of terminal acetylenes is 1. The van der Waals surface area contributed by atoms with Crippen molar-refractivity contribution in [3.05, 3.63) is 59.7 Å². The molecule has 0 fully saturated rings. The van der Waals surface area contributed by atoms with Crippen molar-refractivity contribution in [2.45, 2.75) is 37.6 Å².